The van der Waals surface area contributed by atoms with Gasteiger partial charge in [-0.2, -0.15) is 5.26 Å². The van der Waals surface area contributed by atoms with Crippen molar-refractivity contribution in [1.29, 1.82) is 5.26 Å². The Balaban J connectivity index is 2.93. The van der Waals surface area contributed by atoms with E-state index in [-0.39, 0.29) is 26.0 Å². The Morgan fingerprint density at radius 3 is 2.62 bits per heavy atom. The number of amides is 2. The first-order chi connectivity index (χ1) is 11.2. The molecule has 8 heteroatoms. The third-order valence-electron chi connectivity index (χ3n) is 3.06. The molecular formula is C16H23N3O5. The van der Waals surface area contributed by atoms with Crippen molar-refractivity contribution in [2.24, 2.45) is 0 Å². The number of carbonyl (C=O) groups is 3. The maximum Gasteiger partial charge on any atom is 0.412 e. The van der Waals surface area contributed by atoms with E-state index in [0.29, 0.717) is 5.57 Å². The largest absolute Gasteiger partial charge is 0.463 e. The second-order valence-corrected chi connectivity index (χ2v) is 6.20. The van der Waals surface area contributed by atoms with Crippen LogP contribution < -0.4 is 5.32 Å². The van der Waals surface area contributed by atoms with Gasteiger partial charge < -0.3 is 14.8 Å². The van der Waals surface area contributed by atoms with Gasteiger partial charge in [0, 0.05) is 18.5 Å². The number of hydrogen-bond donors (Lipinski definition) is 1. The van der Waals surface area contributed by atoms with Gasteiger partial charge in [0.1, 0.15) is 18.2 Å². The Hall–Kier alpha value is -2.56. The molecular weight excluding hydrogens is 314 g/mol. The van der Waals surface area contributed by atoms with E-state index < -0.39 is 29.7 Å². The van der Waals surface area contributed by atoms with Crippen molar-refractivity contribution in [3.8, 4) is 6.07 Å². The summed E-state index contributed by atoms with van der Waals surface area (Å²) < 4.78 is 10.3. The lowest BCUT2D eigenvalue weighted by molar-refractivity contribution is -0.139. The number of ether oxygens (including phenoxy) is 2. The number of rotatable bonds is 4. The fourth-order valence-electron chi connectivity index (χ4n) is 2.09. The van der Waals surface area contributed by atoms with Crippen molar-refractivity contribution in [3.63, 3.8) is 0 Å². The van der Waals surface area contributed by atoms with Crippen molar-refractivity contribution in [1.82, 2.24) is 10.2 Å². The molecule has 24 heavy (non-hydrogen) atoms. The normalized spacial score (nSPS) is 17.4. The van der Waals surface area contributed by atoms with Crippen LogP contribution in [-0.4, -0.2) is 47.8 Å². The number of carbonyl (C=O) groups excluding carboxylic acids is 3. The molecule has 0 aromatic heterocycles. The van der Waals surface area contributed by atoms with Crippen LogP contribution in [0.2, 0.25) is 0 Å². The average molecular weight is 337 g/mol. The van der Waals surface area contributed by atoms with E-state index >= 15 is 0 Å². The summed E-state index contributed by atoms with van der Waals surface area (Å²) in [4.78, 5) is 37.2. The van der Waals surface area contributed by atoms with Crippen LogP contribution in [0.1, 0.15) is 40.5 Å². The third kappa shape index (κ3) is 5.91. The van der Waals surface area contributed by atoms with E-state index in [1.165, 1.54) is 4.90 Å². The Bertz CT molecular complexity index is 571. The summed E-state index contributed by atoms with van der Waals surface area (Å²) >= 11 is 0. The van der Waals surface area contributed by atoms with Crippen LogP contribution in [0.3, 0.4) is 0 Å². The monoisotopic (exact) mass is 337 g/mol. The van der Waals surface area contributed by atoms with Crippen LogP contribution in [0, 0.1) is 11.3 Å². The Kier molecular flexibility index (Phi) is 6.77. The van der Waals surface area contributed by atoms with Gasteiger partial charge in [0.2, 0.25) is 5.91 Å². The van der Waals surface area contributed by atoms with Crippen molar-refractivity contribution in [2.45, 2.75) is 52.3 Å². The van der Waals surface area contributed by atoms with Crippen molar-refractivity contribution in [3.05, 3.63) is 11.6 Å². The average Bonchev–Trinajstić information content (AvgIpc) is 2.45. The predicted octanol–water partition coefficient (Wildman–Crippen LogP) is 1.47. The van der Waals surface area contributed by atoms with E-state index in [1.807, 2.05) is 0 Å². The first kappa shape index (κ1) is 19.5. The number of nitrogens with one attached hydrogen (secondary N) is 1. The van der Waals surface area contributed by atoms with E-state index in [4.69, 9.17) is 14.7 Å². The van der Waals surface area contributed by atoms with Gasteiger partial charge >= 0.3 is 12.1 Å². The molecule has 1 unspecified atom stereocenters. The van der Waals surface area contributed by atoms with Gasteiger partial charge in [-0.25, -0.2) is 9.59 Å². The van der Waals surface area contributed by atoms with Crippen LogP contribution in [-0.2, 0) is 19.1 Å². The molecule has 1 N–H and O–H groups in total. The molecule has 1 aliphatic heterocycles. The fraction of sp³-hybridized carbons (Fsp3) is 0.625. The molecule has 0 bridgehead atoms. The molecule has 0 saturated carbocycles. The highest BCUT2D eigenvalue weighted by Gasteiger charge is 2.33. The topological polar surface area (TPSA) is 109 Å². The van der Waals surface area contributed by atoms with Crippen molar-refractivity contribution in [2.75, 3.05) is 13.2 Å². The fourth-order valence-corrected chi connectivity index (χ4v) is 2.09. The Labute approximate surface area is 141 Å². The summed E-state index contributed by atoms with van der Waals surface area (Å²) in [5, 5.41) is 11.2. The first-order valence-corrected chi connectivity index (χ1v) is 7.70. The molecule has 132 valence electrons. The molecule has 1 heterocycles. The SMILES string of the molecule is CCOC(=O)C1=CCN(C(=O)OC(C)(C)C)C(NC(=O)CC#N)C1. The smallest absolute Gasteiger partial charge is 0.412 e. The van der Waals surface area contributed by atoms with Gasteiger partial charge in [-0.1, -0.05) is 6.08 Å². The minimum absolute atomic E-state index is 0.0925. The lowest BCUT2D eigenvalue weighted by Gasteiger charge is -2.36. The molecule has 0 radical (unpaired) electrons. The Morgan fingerprint density at radius 1 is 1.42 bits per heavy atom. The zero-order chi connectivity index (χ0) is 18.3. The lowest BCUT2D eigenvalue weighted by Crippen LogP contribution is -2.54. The zero-order valence-corrected chi connectivity index (χ0v) is 14.4. The quantitative estimate of drug-likeness (QED) is 0.778. The Morgan fingerprint density at radius 2 is 2.08 bits per heavy atom. The highest BCUT2D eigenvalue weighted by Crippen LogP contribution is 2.20. The van der Waals surface area contributed by atoms with Gasteiger partial charge in [0.15, 0.2) is 0 Å². The van der Waals surface area contributed by atoms with Crippen molar-refractivity contribution < 1.29 is 23.9 Å². The van der Waals surface area contributed by atoms with Gasteiger partial charge in [-0.15, -0.1) is 0 Å². The molecule has 0 aliphatic carbocycles. The standard InChI is InChI=1S/C16H23N3O5/c1-5-23-14(21)11-7-9-19(15(22)24-16(2,3)4)12(10-11)18-13(20)6-8-17/h7,12H,5-6,9-10H2,1-4H3,(H,18,20). The van der Waals surface area contributed by atoms with Gasteiger partial charge in [-0.05, 0) is 27.7 Å². The molecule has 0 aromatic carbocycles. The summed E-state index contributed by atoms with van der Waals surface area (Å²) in [5.74, 6) is -1.01. The minimum atomic E-state index is -0.773. The van der Waals surface area contributed by atoms with E-state index in [1.54, 1.807) is 39.8 Å². The summed E-state index contributed by atoms with van der Waals surface area (Å²) in [6, 6.07) is 1.74. The zero-order valence-electron chi connectivity index (χ0n) is 14.4. The second-order valence-electron chi connectivity index (χ2n) is 6.20. The van der Waals surface area contributed by atoms with E-state index in [0.717, 1.165) is 0 Å². The molecule has 1 atom stereocenters. The van der Waals surface area contributed by atoms with E-state index in [9.17, 15) is 14.4 Å². The lowest BCUT2D eigenvalue weighted by atomic mass is 10.1. The van der Waals surface area contributed by atoms with Crippen LogP contribution in [0.5, 0.6) is 0 Å². The second kappa shape index (κ2) is 8.34. The number of nitriles is 1. The maximum absolute atomic E-state index is 12.3. The predicted molar refractivity (Wildman–Crippen MR) is 84.4 cm³/mol. The van der Waals surface area contributed by atoms with Crippen LogP contribution in [0.4, 0.5) is 4.79 Å². The molecule has 2 amide bonds. The third-order valence-corrected chi connectivity index (χ3v) is 3.06. The van der Waals surface area contributed by atoms with Gasteiger partial charge in [0.25, 0.3) is 0 Å². The summed E-state index contributed by atoms with van der Waals surface area (Å²) in [5.41, 5.74) is -0.317. The molecule has 0 spiro atoms. The van der Waals surface area contributed by atoms with Crippen molar-refractivity contribution >= 4 is 18.0 Å². The molecule has 0 fully saturated rings. The molecule has 0 aromatic rings. The summed E-state index contributed by atoms with van der Waals surface area (Å²) in [6.45, 7) is 7.23. The highest BCUT2D eigenvalue weighted by molar-refractivity contribution is 5.89. The minimum Gasteiger partial charge on any atom is -0.463 e. The molecule has 0 saturated heterocycles. The van der Waals surface area contributed by atoms with Crippen LogP contribution in [0.15, 0.2) is 11.6 Å². The molecule has 8 nitrogen and oxygen atoms in total. The highest BCUT2D eigenvalue weighted by atomic mass is 16.6. The summed E-state index contributed by atoms with van der Waals surface area (Å²) in [7, 11) is 0. The molecule has 1 rings (SSSR count). The first-order valence-electron chi connectivity index (χ1n) is 7.70. The van der Waals surface area contributed by atoms with Crippen LogP contribution in [0.25, 0.3) is 0 Å². The van der Waals surface area contributed by atoms with E-state index in [2.05, 4.69) is 5.32 Å². The number of hydrogen-bond acceptors (Lipinski definition) is 6. The van der Waals surface area contributed by atoms with Crippen LogP contribution >= 0.6 is 0 Å². The number of nitrogens with zero attached hydrogens (tertiary/aromatic N) is 2. The maximum atomic E-state index is 12.3. The van der Waals surface area contributed by atoms with Gasteiger partial charge in [0.05, 0.1) is 12.7 Å². The summed E-state index contributed by atoms with van der Waals surface area (Å²) in [6.07, 6.45) is -0.0460. The number of esters is 1. The molecule has 1 aliphatic rings. The van der Waals surface area contributed by atoms with Gasteiger partial charge in [-0.3, -0.25) is 9.69 Å².